The van der Waals surface area contributed by atoms with Crippen molar-refractivity contribution in [3.8, 4) is 0 Å². The smallest absolute Gasteiger partial charge is 0.243 e. The fourth-order valence-electron chi connectivity index (χ4n) is 4.31. The van der Waals surface area contributed by atoms with Crippen molar-refractivity contribution >= 4 is 27.3 Å². The Morgan fingerprint density at radius 3 is 2.18 bits per heavy atom. The van der Waals surface area contributed by atoms with Gasteiger partial charge in [-0.25, -0.2) is 8.42 Å². The second kappa shape index (κ2) is 10.0. The van der Waals surface area contributed by atoms with Gasteiger partial charge in [0.05, 0.1) is 10.9 Å². The lowest BCUT2D eigenvalue weighted by molar-refractivity contribution is -0.126. The van der Waals surface area contributed by atoms with Crippen molar-refractivity contribution in [1.29, 1.82) is 0 Å². The molecule has 0 aliphatic carbocycles. The molecule has 180 valence electrons. The summed E-state index contributed by atoms with van der Waals surface area (Å²) in [5, 5.41) is 5.22. The van der Waals surface area contributed by atoms with Crippen LogP contribution in [0.5, 0.6) is 0 Å². The quantitative estimate of drug-likeness (QED) is 0.500. The Balaban J connectivity index is 1.41. The molecule has 0 spiro atoms. The predicted octanol–water partition coefficient (Wildman–Crippen LogP) is 5.35. The van der Waals surface area contributed by atoms with Crippen molar-refractivity contribution in [2.75, 3.05) is 13.1 Å². The Morgan fingerprint density at radius 2 is 1.62 bits per heavy atom. The van der Waals surface area contributed by atoms with Crippen LogP contribution >= 0.6 is 11.3 Å². The summed E-state index contributed by atoms with van der Waals surface area (Å²) in [6, 6.07) is 20.9. The van der Waals surface area contributed by atoms with Crippen LogP contribution in [0.3, 0.4) is 0 Å². The number of nitrogens with zero attached hydrogens (tertiary/aromatic N) is 1. The Labute approximate surface area is 206 Å². The summed E-state index contributed by atoms with van der Waals surface area (Å²) < 4.78 is 27.9. The number of carbonyl (C=O) groups excluding carboxylic acids is 1. The van der Waals surface area contributed by atoms with Crippen LogP contribution < -0.4 is 5.32 Å². The van der Waals surface area contributed by atoms with Gasteiger partial charge in [0, 0.05) is 23.9 Å². The SMILES string of the molecule is CC(C)(C)c1ccc(S(=O)(=O)N2CCC(C(=O)N[C@@H](c3ccccc3)c3cccs3)CC2)cc1. The number of carbonyl (C=O) groups is 1. The van der Waals surface area contributed by atoms with Gasteiger partial charge in [0.1, 0.15) is 0 Å². The first-order valence-electron chi connectivity index (χ1n) is 11.7. The number of benzene rings is 2. The predicted molar refractivity (Wildman–Crippen MR) is 137 cm³/mol. The third-order valence-electron chi connectivity index (χ3n) is 6.43. The van der Waals surface area contributed by atoms with E-state index in [0.29, 0.717) is 30.8 Å². The molecule has 0 bridgehead atoms. The fraction of sp³-hybridized carbons (Fsp3) is 0.370. The van der Waals surface area contributed by atoms with Crippen molar-refractivity contribution in [3.63, 3.8) is 0 Å². The summed E-state index contributed by atoms with van der Waals surface area (Å²) in [4.78, 5) is 14.6. The summed E-state index contributed by atoms with van der Waals surface area (Å²) in [6.07, 6.45) is 1.02. The van der Waals surface area contributed by atoms with Crippen molar-refractivity contribution < 1.29 is 13.2 Å². The molecule has 1 N–H and O–H groups in total. The summed E-state index contributed by atoms with van der Waals surface area (Å²) in [5.41, 5.74) is 2.10. The lowest BCUT2D eigenvalue weighted by atomic mass is 9.87. The summed E-state index contributed by atoms with van der Waals surface area (Å²) in [7, 11) is -3.57. The van der Waals surface area contributed by atoms with Gasteiger partial charge in [-0.2, -0.15) is 4.31 Å². The van der Waals surface area contributed by atoms with Crippen LogP contribution in [-0.4, -0.2) is 31.7 Å². The van der Waals surface area contributed by atoms with E-state index in [1.165, 1.54) is 4.31 Å². The molecule has 4 rings (SSSR count). The Kier molecular flexibility index (Phi) is 7.26. The molecule has 0 radical (unpaired) electrons. The molecule has 34 heavy (non-hydrogen) atoms. The topological polar surface area (TPSA) is 66.5 Å². The minimum absolute atomic E-state index is 0.0196. The zero-order valence-electron chi connectivity index (χ0n) is 19.9. The Morgan fingerprint density at radius 1 is 0.971 bits per heavy atom. The molecule has 0 saturated carbocycles. The van der Waals surface area contributed by atoms with E-state index in [2.05, 4.69) is 26.1 Å². The van der Waals surface area contributed by atoms with Crippen LogP contribution in [0.1, 0.15) is 55.7 Å². The largest absolute Gasteiger partial charge is 0.344 e. The third kappa shape index (κ3) is 5.43. The second-order valence-electron chi connectivity index (χ2n) is 9.82. The molecule has 2 heterocycles. The van der Waals surface area contributed by atoms with E-state index >= 15 is 0 Å². The van der Waals surface area contributed by atoms with E-state index < -0.39 is 10.0 Å². The zero-order chi connectivity index (χ0) is 24.3. The number of hydrogen-bond donors (Lipinski definition) is 1. The number of amides is 1. The molecule has 2 aromatic carbocycles. The highest BCUT2D eigenvalue weighted by Crippen LogP contribution is 2.29. The van der Waals surface area contributed by atoms with Crippen molar-refractivity contribution in [1.82, 2.24) is 9.62 Å². The second-order valence-corrected chi connectivity index (χ2v) is 12.7. The first kappa shape index (κ1) is 24.6. The van der Waals surface area contributed by atoms with Crippen LogP contribution in [0, 0.1) is 5.92 Å². The molecule has 0 unspecified atom stereocenters. The van der Waals surface area contributed by atoms with Gasteiger partial charge in [-0.3, -0.25) is 4.79 Å². The van der Waals surface area contributed by atoms with Crippen LogP contribution in [0.15, 0.2) is 77.0 Å². The summed E-state index contributed by atoms with van der Waals surface area (Å²) >= 11 is 1.62. The standard InChI is InChI=1S/C27H32N2O3S2/c1-27(2,3)22-11-13-23(14-12-22)34(31,32)29-17-15-21(16-18-29)26(30)28-25(24-10-7-19-33-24)20-8-5-4-6-9-20/h4-14,19,21,25H,15-18H2,1-3H3,(H,28,30)/t25-/m0/s1. The Hall–Kier alpha value is -2.48. The number of sulfonamides is 1. The molecule has 1 fully saturated rings. The van der Waals surface area contributed by atoms with Crippen molar-refractivity contribution in [2.45, 2.75) is 50.0 Å². The van der Waals surface area contributed by atoms with Gasteiger partial charge in [0.25, 0.3) is 0 Å². The molecule has 7 heteroatoms. The average molecular weight is 497 g/mol. The van der Waals surface area contributed by atoms with Crippen LogP contribution in [0.4, 0.5) is 0 Å². The van der Waals surface area contributed by atoms with E-state index in [0.717, 1.165) is 16.0 Å². The highest BCUT2D eigenvalue weighted by molar-refractivity contribution is 7.89. The lowest BCUT2D eigenvalue weighted by Gasteiger charge is -2.31. The first-order chi connectivity index (χ1) is 16.2. The summed E-state index contributed by atoms with van der Waals surface area (Å²) in [5.74, 6) is -0.227. The number of rotatable bonds is 6. The average Bonchev–Trinajstić information content (AvgIpc) is 3.37. The number of piperidine rings is 1. The molecule has 1 aliphatic rings. The monoisotopic (exact) mass is 496 g/mol. The lowest BCUT2D eigenvalue weighted by Crippen LogP contribution is -2.43. The normalized spacial score (nSPS) is 16.8. The minimum atomic E-state index is -3.57. The van der Waals surface area contributed by atoms with Gasteiger partial charge >= 0.3 is 0 Å². The van der Waals surface area contributed by atoms with E-state index in [4.69, 9.17) is 0 Å². The molecule has 1 atom stereocenters. The molecule has 5 nitrogen and oxygen atoms in total. The van der Waals surface area contributed by atoms with Gasteiger partial charge in [0.15, 0.2) is 0 Å². The van der Waals surface area contributed by atoms with Crippen LogP contribution in [0.25, 0.3) is 0 Å². The third-order valence-corrected chi connectivity index (χ3v) is 9.28. The highest BCUT2D eigenvalue weighted by atomic mass is 32.2. The fourth-order valence-corrected chi connectivity index (χ4v) is 6.59. The van der Waals surface area contributed by atoms with E-state index in [1.54, 1.807) is 23.5 Å². The molecular weight excluding hydrogens is 464 g/mol. The Bertz CT molecular complexity index is 1190. The van der Waals surface area contributed by atoms with E-state index in [1.807, 2.05) is 60.0 Å². The maximum atomic E-state index is 13.2. The molecular formula is C27H32N2O3S2. The molecule has 1 amide bonds. The van der Waals surface area contributed by atoms with Gasteiger partial charge < -0.3 is 5.32 Å². The van der Waals surface area contributed by atoms with Gasteiger partial charge in [0.2, 0.25) is 15.9 Å². The van der Waals surface area contributed by atoms with Crippen molar-refractivity contribution in [2.24, 2.45) is 5.92 Å². The molecule has 1 aliphatic heterocycles. The number of thiophene rings is 1. The minimum Gasteiger partial charge on any atom is -0.344 e. The van der Waals surface area contributed by atoms with Crippen LogP contribution in [0.2, 0.25) is 0 Å². The van der Waals surface area contributed by atoms with Gasteiger partial charge in [-0.1, -0.05) is 69.3 Å². The zero-order valence-corrected chi connectivity index (χ0v) is 21.5. The number of nitrogens with one attached hydrogen (secondary N) is 1. The molecule has 1 aromatic heterocycles. The molecule has 3 aromatic rings. The van der Waals surface area contributed by atoms with Gasteiger partial charge in [-0.05, 0) is 53.0 Å². The van der Waals surface area contributed by atoms with E-state index in [9.17, 15) is 13.2 Å². The molecule has 1 saturated heterocycles. The maximum absolute atomic E-state index is 13.2. The highest BCUT2D eigenvalue weighted by Gasteiger charge is 2.33. The van der Waals surface area contributed by atoms with Gasteiger partial charge in [-0.15, -0.1) is 11.3 Å². The summed E-state index contributed by atoms with van der Waals surface area (Å²) in [6.45, 7) is 7.00. The first-order valence-corrected chi connectivity index (χ1v) is 14.0. The number of hydrogen-bond acceptors (Lipinski definition) is 4. The maximum Gasteiger partial charge on any atom is 0.243 e. The van der Waals surface area contributed by atoms with Crippen molar-refractivity contribution in [3.05, 3.63) is 88.1 Å². The van der Waals surface area contributed by atoms with E-state index in [-0.39, 0.29) is 23.3 Å². The van der Waals surface area contributed by atoms with Crippen LogP contribution in [-0.2, 0) is 20.2 Å².